The molecule has 0 saturated heterocycles. The van der Waals surface area contributed by atoms with Gasteiger partial charge in [0.05, 0.1) is 4.92 Å². The number of nitrogens with one attached hydrogen (secondary N) is 2. The van der Waals surface area contributed by atoms with E-state index in [1.54, 1.807) is 0 Å². The molecule has 0 aliphatic rings. The number of carboxylic acids is 1. The second-order valence-electron chi connectivity index (χ2n) is 5.37. The van der Waals surface area contributed by atoms with Crippen LogP contribution in [0.3, 0.4) is 0 Å². The Balaban J connectivity index is 1.60. The smallest absolute Gasteiger partial charge is 0.356 e. The van der Waals surface area contributed by atoms with Gasteiger partial charge in [0.25, 0.3) is 0 Å². The van der Waals surface area contributed by atoms with Gasteiger partial charge in [-0.25, -0.2) is 4.79 Å². The van der Waals surface area contributed by atoms with Crippen LogP contribution in [0.25, 0.3) is 0 Å². The molecule has 0 aliphatic carbocycles. The molecular formula is C14H17N7O6. The van der Waals surface area contributed by atoms with Crippen LogP contribution in [-0.2, 0) is 22.7 Å². The Morgan fingerprint density at radius 3 is 2.48 bits per heavy atom. The van der Waals surface area contributed by atoms with Gasteiger partial charge in [0.1, 0.15) is 18.9 Å². The molecular weight excluding hydrogens is 362 g/mol. The van der Waals surface area contributed by atoms with Crippen LogP contribution in [0, 0.1) is 10.1 Å². The van der Waals surface area contributed by atoms with Crippen molar-refractivity contribution in [2.45, 2.75) is 19.5 Å². The van der Waals surface area contributed by atoms with Crippen molar-refractivity contribution in [3.63, 3.8) is 0 Å². The minimum atomic E-state index is -1.14. The van der Waals surface area contributed by atoms with E-state index >= 15 is 0 Å². The van der Waals surface area contributed by atoms with Gasteiger partial charge in [0, 0.05) is 32.3 Å². The molecule has 2 amide bonds. The van der Waals surface area contributed by atoms with Crippen molar-refractivity contribution in [2.75, 3.05) is 13.1 Å². The first-order chi connectivity index (χ1) is 12.8. The molecule has 2 heterocycles. The molecule has 3 N–H and O–H groups in total. The maximum Gasteiger partial charge on any atom is 0.356 e. The standard InChI is InChI=1S/C14H17N7O6/c22-12(2-6-19-5-1-11(18-19)14(24)25)15-3-4-16-13(23)9-20-8-10(7-17-20)21(26)27/h1,5,7-8H,2-4,6,9H2,(H,15,22)(H,16,23)(H,24,25). The number of hydrogen-bond donors (Lipinski definition) is 3. The Morgan fingerprint density at radius 2 is 1.89 bits per heavy atom. The van der Waals surface area contributed by atoms with Gasteiger partial charge in [-0.1, -0.05) is 0 Å². The minimum Gasteiger partial charge on any atom is -0.476 e. The highest BCUT2D eigenvalue weighted by molar-refractivity contribution is 5.85. The molecule has 2 aromatic rings. The lowest BCUT2D eigenvalue weighted by molar-refractivity contribution is -0.385. The van der Waals surface area contributed by atoms with Crippen molar-refractivity contribution in [3.8, 4) is 0 Å². The van der Waals surface area contributed by atoms with Gasteiger partial charge in [-0.05, 0) is 6.07 Å². The first-order valence-electron chi connectivity index (χ1n) is 7.82. The zero-order valence-electron chi connectivity index (χ0n) is 14.1. The number of carboxylic acid groups (broad SMARTS) is 1. The van der Waals surface area contributed by atoms with E-state index in [4.69, 9.17) is 5.11 Å². The van der Waals surface area contributed by atoms with E-state index in [0.717, 1.165) is 17.1 Å². The molecule has 2 aromatic heterocycles. The van der Waals surface area contributed by atoms with Gasteiger partial charge in [-0.3, -0.25) is 29.1 Å². The van der Waals surface area contributed by atoms with E-state index in [-0.39, 0.29) is 49.9 Å². The third-order valence-corrected chi connectivity index (χ3v) is 3.33. The number of aromatic carboxylic acids is 1. The molecule has 0 atom stereocenters. The molecule has 0 radical (unpaired) electrons. The minimum absolute atomic E-state index is 0.0966. The molecule has 13 nitrogen and oxygen atoms in total. The number of rotatable bonds is 10. The van der Waals surface area contributed by atoms with Gasteiger partial charge in [-0.2, -0.15) is 10.2 Å². The normalized spacial score (nSPS) is 10.4. The number of carbonyl (C=O) groups is 3. The highest BCUT2D eigenvalue weighted by atomic mass is 16.6. The number of nitro groups is 1. The largest absolute Gasteiger partial charge is 0.476 e. The Labute approximate surface area is 152 Å². The summed E-state index contributed by atoms with van der Waals surface area (Å²) < 4.78 is 2.50. The lowest BCUT2D eigenvalue weighted by Gasteiger charge is -2.07. The average molecular weight is 379 g/mol. The molecule has 13 heteroatoms. The van der Waals surface area contributed by atoms with Crippen molar-refractivity contribution in [1.82, 2.24) is 30.2 Å². The molecule has 0 unspecified atom stereocenters. The van der Waals surface area contributed by atoms with Crippen molar-refractivity contribution >= 4 is 23.5 Å². The number of nitrogens with zero attached hydrogens (tertiary/aromatic N) is 5. The third-order valence-electron chi connectivity index (χ3n) is 3.33. The van der Waals surface area contributed by atoms with E-state index in [2.05, 4.69) is 20.8 Å². The van der Waals surface area contributed by atoms with Crippen molar-refractivity contribution < 1.29 is 24.4 Å². The molecule has 0 aromatic carbocycles. The zero-order valence-corrected chi connectivity index (χ0v) is 14.1. The van der Waals surface area contributed by atoms with Crippen molar-refractivity contribution in [3.05, 3.63) is 40.5 Å². The van der Waals surface area contributed by atoms with E-state index in [9.17, 15) is 24.5 Å². The molecule has 144 valence electrons. The second kappa shape index (κ2) is 9.07. The summed E-state index contributed by atoms with van der Waals surface area (Å²) in [5.74, 6) is -1.82. The van der Waals surface area contributed by atoms with Crippen LogP contribution in [0.5, 0.6) is 0 Å². The summed E-state index contributed by atoms with van der Waals surface area (Å²) in [6.45, 7) is 0.429. The fraction of sp³-hybridized carbons (Fsp3) is 0.357. The summed E-state index contributed by atoms with van der Waals surface area (Å²) in [4.78, 5) is 44.0. The number of aromatic nitrogens is 4. The zero-order chi connectivity index (χ0) is 19.8. The maximum atomic E-state index is 11.7. The Morgan fingerprint density at radius 1 is 1.19 bits per heavy atom. The van der Waals surface area contributed by atoms with Crippen LogP contribution in [0.1, 0.15) is 16.9 Å². The number of hydrogen-bond acceptors (Lipinski definition) is 7. The van der Waals surface area contributed by atoms with Crippen LogP contribution in [0.2, 0.25) is 0 Å². The molecule has 0 spiro atoms. The summed E-state index contributed by atoms with van der Waals surface area (Å²) in [5, 5.41) is 31.9. The van der Waals surface area contributed by atoms with Crippen molar-refractivity contribution in [1.29, 1.82) is 0 Å². The molecule has 2 rings (SSSR count). The SMILES string of the molecule is O=C(CCn1ccc(C(=O)O)n1)NCCNC(=O)Cn1cc([N+](=O)[O-])cn1. The van der Waals surface area contributed by atoms with Gasteiger partial charge < -0.3 is 15.7 Å². The summed E-state index contributed by atoms with van der Waals surface area (Å²) in [7, 11) is 0. The monoisotopic (exact) mass is 379 g/mol. The Bertz CT molecular complexity index is 843. The summed E-state index contributed by atoms with van der Waals surface area (Å²) in [6, 6.07) is 1.34. The number of carbonyl (C=O) groups excluding carboxylic acids is 2. The average Bonchev–Trinajstić information content (AvgIpc) is 3.26. The van der Waals surface area contributed by atoms with E-state index < -0.39 is 16.8 Å². The number of aryl methyl sites for hydroxylation is 1. The molecule has 0 bridgehead atoms. The summed E-state index contributed by atoms with van der Waals surface area (Å²) in [6.07, 6.45) is 3.77. The lowest BCUT2D eigenvalue weighted by Crippen LogP contribution is -2.36. The van der Waals surface area contributed by atoms with Gasteiger partial charge in [0.15, 0.2) is 5.69 Å². The van der Waals surface area contributed by atoms with Crippen LogP contribution >= 0.6 is 0 Å². The Kier molecular flexibility index (Phi) is 6.57. The quantitative estimate of drug-likeness (QED) is 0.268. The van der Waals surface area contributed by atoms with E-state index in [1.807, 2.05) is 0 Å². The highest BCUT2D eigenvalue weighted by Gasteiger charge is 2.11. The summed E-state index contributed by atoms with van der Waals surface area (Å²) in [5.41, 5.74) is -0.302. The predicted molar refractivity (Wildman–Crippen MR) is 88.7 cm³/mol. The van der Waals surface area contributed by atoms with Gasteiger partial charge in [-0.15, -0.1) is 0 Å². The predicted octanol–water partition coefficient (Wildman–Crippen LogP) is -0.991. The van der Waals surface area contributed by atoms with Gasteiger partial charge in [0.2, 0.25) is 11.8 Å². The Hall–Kier alpha value is -3.77. The molecule has 27 heavy (non-hydrogen) atoms. The fourth-order valence-corrected chi connectivity index (χ4v) is 2.05. The van der Waals surface area contributed by atoms with Gasteiger partial charge >= 0.3 is 11.7 Å². The second-order valence-corrected chi connectivity index (χ2v) is 5.37. The molecule has 0 saturated carbocycles. The third kappa shape index (κ3) is 6.22. The van der Waals surface area contributed by atoms with Crippen LogP contribution in [0.15, 0.2) is 24.7 Å². The highest BCUT2D eigenvalue weighted by Crippen LogP contribution is 2.07. The first-order valence-corrected chi connectivity index (χ1v) is 7.82. The topological polar surface area (TPSA) is 174 Å². The fourth-order valence-electron chi connectivity index (χ4n) is 2.05. The number of amides is 2. The molecule has 0 aliphatic heterocycles. The van der Waals surface area contributed by atoms with E-state index in [0.29, 0.717) is 0 Å². The van der Waals surface area contributed by atoms with Crippen molar-refractivity contribution in [2.24, 2.45) is 0 Å². The first kappa shape index (κ1) is 19.6. The van der Waals surface area contributed by atoms with Crippen LogP contribution in [-0.4, -0.2) is 60.5 Å². The molecule has 0 fully saturated rings. The van der Waals surface area contributed by atoms with E-state index in [1.165, 1.54) is 16.9 Å². The lowest BCUT2D eigenvalue weighted by atomic mass is 10.4. The maximum absolute atomic E-state index is 11.7. The van der Waals surface area contributed by atoms with Crippen LogP contribution < -0.4 is 10.6 Å². The summed E-state index contributed by atoms with van der Waals surface area (Å²) >= 11 is 0. The van der Waals surface area contributed by atoms with Crippen LogP contribution in [0.4, 0.5) is 5.69 Å².